The van der Waals surface area contributed by atoms with Gasteiger partial charge in [0.1, 0.15) is 0 Å². The first kappa shape index (κ1) is 13.5. The van der Waals surface area contributed by atoms with Crippen LogP contribution in [0.5, 0.6) is 0 Å². The topological polar surface area (TPSA) is 12.0 Å². The molecule has 0 aliphatic rings. The summed E-state index contributed by atoms with van der Waals surface area (Å²) in [7, 11) is 0. The summed E-state index contributed by atoms with van der Waals surface area (Å²) in [5.41, 5.74) is 1.51. The minimum atomic E-state index is 0.298. The Kier molecular flexibility index (Phi) is 4.82. The van der Waals surface area contributed by atoms with Gasteiger partial charge in [-0.3, -0.25) is 0 Å². The molecule has 1 aromatic carbocycles. The molecule has 0 amide bonds. The van der Waals surface area contributed by atoms with E-state index in [0.717, 1.165) is 18.0 Å². The highest BCUT2D eigenvalue weighted by atomic mass is 35.5. The quantitative estimate of drug-likeness (QED) is 0.820. The minimum absolute atomic E-state index is 0.298. The molecule has 1 nitrogen and oxygen atoms in total. The lowest BCUT2D eigenvalue weighted by Gasteiger charge is -2.27. The van der Waals surface area contributed by atoms with Crippen LogP contribution < -0.4 is 5.32 Å². The molecule has 0 aromatic heterocycles. The Hall–Kier alpha value is -0.530. The SMILES string of the molecule is CCNC(CC(C)(C)C)c1ccccc1Cl. The van der Waals surface area contributed by atoms with Crippen LogP contribution in [-0.4, -0.2) is 6.54 Å². The van der Waals surface area contributed by atoms with Crippen LogP contribution in [0.1, 0.15) is 45.7 Å². The summed E-state index contributed by atoms with van der Waals surface area (Å²) in [5.74, 6) is 0. The number of hydrogen-bond donors (Lipinski definition) is 1. The maximum atomic E-state index is 6.24. The highest BCUT2D eigenvalue weighted by Crippen LogP contribution is 2.32. The van der Waals surface area contributed by atoms with Gasteiger partial charge in [-0.25, -0.2) is 0 Å². The highest BCUT2D eigenvalue weighted by Gasteiger charge is 2.20. The number of rotatable bonds is 4. The maximum Gasteiger partial charge on any atom is 0.0453 e. The highest BCUT2D eigenvalue weighted by molar-refractivity contribution is 6.31. The predicted octanol–water partition coefficient (Wildman–Crippen LogP) is 4.43. The van der Waals surface area contributed by atoms with Crippen molar-refractivity contribution in [3.63, 3.8) is 0 Å². The lowest BCUT2D eigenvalue weighted by Crippen LogP contribution is -2.25. The lowest BCUT2D eigenvalue weighted by atomic mass is 9.85. The molecule has 1 N–H and O–H groups in total. The van der Waals surface area contributed by atoms with E-state index in [9.17, 15) is 0 Å². The number of hydrogen-bond acceptors (Lipinski definition) is 1. The van der Waals surface area contributed by atoms with E-state index in [1.165, 1.54) is 5.56 Å². The monoisotopic (exact) mass is 239 g/mol. The van der Waals surface area contributed by atoms with Crippen molar-refractivity contribution < 1.29 is 0 Å². The Labute approximate surface area is 104 Å². The molecular weight excluding hydrogens is 218 g/mol. The molecule has 0 heterocycles. The van der Waals surface area contributed by atoms with E-state index < -0.39 is 0 Å². The van der Waals surface area contributed by atoms with Crippen LogP contribution in [0, 0.1) is 5.41 Å². The van der Waals surface area contributed by atoms with E-state index in [2.05, 4.69) is 39.1 Å². The molecule has 0 radical (unpaired) electrons. The zero-order valence-electron chi connectivity index (χ0n) is 10.7. The summed E-state index contributed by atoms with van der Waals surface area (Å²) < 4.78 is 0. The summed E-state index contributed by atoms with van der Waals surface area (Å²) >= 11 is 6.24. The average Bonchev–Trinajstić information content (AvgIpc) is 2.16. The van der Waals surface area contributed by atoms with Gasteiger partial charge in [-0.05, 0) is 30.0 Å². The zero-order chi connectivity index (χ0) is 12.2. The van der Waals surface area contributed by atoms with E-state index in [0.29, 0.717) is 11.5 Å². The fourth-order valence-electron chi connectivity index (χ4n) is 1.91. The Bertz CT molecular complexity index is 328. The van der Waals surface area contributed by atoms with Crippen LogP contribution in [0.25, 0.3) is 0 Å². The molecule has 1 unspecified atom stereocenters. The van der Waals surface area contributed by atoms with Gasteiger partial charge in [0.25, 0.3) is 0 Å². The van der Waals surface area contributed by atoms with Crippen molar-refractivity contribution in [3.8, 4) is 0 Å². The Morgan fingerprint density at radius 1 is 1.25 bits per heavy atom. The first-order chi connectivity index (χ1) is 7.44. The second-order valence-electron chi connectivity index (χ2n) is 5.40. The first-order valence-corrected chi connectivity index (χ1v) is 6.29. The molecule has 0 saturated carbocycles. The molecule has 0 aliphatic carbocycles. The molecule has 1 atom stereocenters. The molecule has 0 saturated heterocycles. The zero-order valence-corrected chi connectivity index (χ0v) is 11.4. The van der Waals surface area contributed by atoms with Crippen LogP contribution >= 0.6 is 11.6 Å². The van der Waals surface area contributed by atoms with Gasteiger partial charge in [-0.15, -0.1) is 0 Å². The largest absolute Gasteiger partial charge is 0.310 e. The summed E-state index contributed by atoms with van der Waals surface area (Å²) in [6, 6.07) is 8.45. The fourth-order valence-corrected chi connectivity index (χ4v) is 2.18. The van der Waals surface area contributed by atoms with Gasteiger partial charge in [-0.2, -0.15) is 0 Å². The lowest BCUT2D eigenvalue weighted by molar-refractivity contribution is 0.314. The van der Waals surface area contributed by atoms with Crippen LogP contribution in [0.2, 0.25) is 5.02 Å². The molecule has 90 valence electrons. The number of nitrogens with one attached hydrogen (secondary N) is 1. The Morgan fingerprint density at radius 2 is 1.88 bits per heavy atom. The number of halogens is 1. The van der Waals surface area contributed by atoms with Crippen molar-refractivity contribution in [2.24, 2.45) is 5.41 Å². The minimum Gasteiger partial charge on any atom is -0.310 e. The standard InChI is InChI=1S/C14H22ClN/c1-5-16-13(10-14(2,3)4)11-8-6-7-9-12(11)15/h6-9,13,16H,5,10H2,1-4H3. The molecule has 0 bridgehead atoms. The van der Waals surface area contributed by atoms with Gasteiger partial charge < -0.3 is 5.32 Å². The third kappa shape index (κ3) is 4.15. The van der Waals surface area contributed by atoms with E-state index >= 15 is 0 Å². The van der Waals surface area contributed by atoms with Gasteiger partial charge in [0.2, 0.25) is 0 Å². The van der Waals surface area contributed by atoms with Crippen molar-refractivity contribution in [1.29, 1.82) is 0 Å². The van der Waals surface area contributed by atoms with Gasteiger partial charge in [0, 0.05) is 11.1 Å². The molecule has 0 spiro atoms. The molecule has 0 aliphatic heterocycles. The van der Waals surface area contributed by atoms with E-state index in [1.54, 1.807) is 0 Å². The second-order valence-corrected chi connectivity index (χ2v) is 5.80. The van der Waals surface area contributed by atoms with Gasteiger partial charge >= 0.3 is 0 Å². The van der Waals surface area contributed by atoms with E-state index in [4.69, 9.17) is 11.6 Å². The summed E-state index contributed by atoms with van der Waals surface area (Å²) in [6.07, 6.45) is 1.09. The van der Waals surface area contributed by atoms with Crippen molar-refractivity contribution in [2.45, 2.75) is 40.2 Å². The fraction of sp³-hybridized carbons (Fsp3) is 0.571. The number of benzene rings is 1. The van der Waals surface area contributed by atoms with Crippen molar-refractivity contribution in [1.82, 2.24) is 5.32 Å². The normalized spacial score (nSPS) is 13.8. The van der Waals surface area contributed by atoms with Gasteiger partial charge in [-0.1, -0.05) is 57.5 Å². The summed E-state index contributed by atoms with van der Waals surface area (Å²) in [5, 5.41) is 4.37. The summed E-state index contributed by atoms with van der Waals surface area (Å²) in [4.78, 5) is 0. The van der Waals surface area contributed by atoms with Crippen LogP contribution in [-0.2, 0) is 0 Å². The van der Waals surface area contributed by atoms with Gasteiger partial charge in [0.05, 0.1) is 0 Å². The van der Waals surface area contributed by atoms with E-state index in [-0.39, 0.29) is 0 Å². The average molecular weight is 240 g/mol. The molecule has 1 rings (SSSR count). The maximum absolute atomic E-state index is 6.24. The molecule has 1 aromatic rings. The molecule has 2 heteroatoms. The van der Waals surface area contributed by atoms with Gasteiger partial charge in [0.15, 0.2) is 0 Å². The van der Waals surface area contributed by atoms with Crippen LogP contribution in [0.3, 0.4) is 0 Å². The van der Waals surface area contributed by atoms with Crippen LogP contribution in [0.4, 0.5) is 0 Å². The van der Waals surface area contributed by atoms with Crippen LogP contribution in [0.15, 0.2) is 24.3 Å². The summed E-state index contributed by atoms with van der Waals surface area (Å²) in [6.45, 7) is 9.87. The second kappa shape index (κ2) is 5.70. The smallest absolute Gasteiger partial charge is 0.0453 e. The third-order valence-corrected chi connectivity index (χ3v) is 2.89. The predicted molar refractivity (Wildman–Crippen MR) is 71.9 cm³/mol. The molecule has 0 fully saturated rings. The Morgan fingerprint density at radius 3 is 2.38 bits per heavy atom. The Balaban J connectivity index is 2.89. The molecular formula is C14H22ClN. The van der Waals surface area contributed by atoms with Crippen molar-refractivity contribution in [2.75, 3.05) is 6.54 Å². The van der Waals surface area contributed by atoms with Crippen molar-refractivity contribution in [3.05, 3.63) is 34.9 Å². The third-order valence-electron chi connectivity index (χ3n) is 2.55. The first-order valence-electron chi connectivity index (χ1n) is 5.92. The molecule has 16 heavy (non-hydrogen) atoms. The van der Waals surface area contributed by atoms with Crippen molar-refractivity contribution >= 4 is 11.6 Å². The van der Waals surface area contributed by atoms with E-state index in [1.807, 2.05) is 18.2 Å².